The van der Waals surface area contributed by atoms with Crippen molar-refractivity contribution in [3.05, 3.63) is 65.4 Å². The summed E-state index contributed by atoms with van der Waals surface area (Å²) in [6, 6.07) is 10.3. The first kappa shape index (κ1) is 27.1. The van der Waals surface area contributed by atoms with Crippen molar-refractivity contribution in [2.75, 3.05) is 19.6 Å². The molecule has 1 saturated carbocycles. The van der Waals surface area contributed by atoms with Gasteiger partial charge >= 0.3 is 6.18 Å². The van der Waals surface area contributed by atoms with Crippen LogP contribution < -0.4 is 10.6 Å². The minimum absolute atomic E-state index is 0.0724. The summed E-state index contributed by atoms with van der Waals surface area (Å²) in [6.45, 7) is 1.19. The van der Waals surface area contributed by atoms with Gasteiger partial charge in [0.15, 0.2) is 0 Å². The number of nitrogens with zero attached hydrogens (tertiary/aromatic N) is 3. The third-order valence-corrected chi connectivity index (χ3v) is 8.03. The second kappa shape index (κ2) is 10.6. The minimum atomic E-state index is -4.55. The fraction of sp³-hybridized carbons (Fsp3) is 0.464. The van der Waals surface area contributed by atoms with Gasteiger partial charge in [0.2, 0.25) is 5.91 Å². The van der Waals surface area contributed by atoms with Crippen molar-refractivity contribution >= 4 is 22.7 Å². The topological polar surface area (TPSA) is 99.5 Å². The van der Waals surface area contributed by atoms with Gasteiger partial charge in [-0.25, -0.2) is 0 Å². The van der Waals surface area contributed by atoms with Crippen molar-refractivity contribution in [1.29, 1.82) is 0 Å². The molecule has 1 atom stereocenters. The lowest BCUT2D eigenvalue weighted by Gasteiger charge is -2.40. The highest BCUT2D eigenvalue weighted by molar-refractivity contribution is 5.96. The first-order valence-corrected chi connectivity index (χ1v) is 13.2. The number of nitrogens with one attached hydrogen (secondary N) is 2. The number of benzene rings is 2. The maximum absolute atomic E-state index is 12.9. The van der Waals surface area contributed by atoms with E-state index in [0.29, 0.717) is 25.4 Å². The van der Waals surface area contributed by atoms with Crippen molar-refractivity contribution < 1.29 is 27.9 Å². The Kier molecular flexibility index (Phi) is 7.39. The normalized spacial score (nSPS) is 24.1. The summed E-state index contributed by atoms with van der Waals surface area (Å²) in [6.07, 6.45) is 1.02. The van der Waals surface area contributed by atoms with Crippen molar-refractivity contribution in [3.63, 3.8) is 0 Å². The predicted octanol–water partition coefficient (Wildman–Crippen LogP) is 3.34. The minimum Gasteiger partial charge on any atom is -0.385 e. The molecule has 0 bridgehead atoms. The van der Waals surface area contributed by atoms with Gasteiger partial charge in [-0.1, -0.05) is 12.1 Å². The van der Waals surface area contributed by atoms with Gasteiger partial charge in [0.05, 0.1) is 29.4 Å². The maximum atomic E-state index is 12.9. The van der Waals surface area contributed by atoms with Crippen LogP contribution in [0.1, 0.15) is 53.6 Å². The van der Waals surface area contributed by atoms with Crippen molar-refractivity contribution in [2.45, 2.75) is 56.0 Å². The molecule has 39 heavy (non-hydrogen) atoms. The molecule has 1 aromatic heterocycles. The van der Waals surface area contributed by atoms with E-state index in [1.165, 1.54) is 6.07 Å². The van der Waals surface area contributed by atoms with Gasteiger partial charge < -0.3 is 15.7 Å². The van der Waals surface area contributed by atoms with Crippen molar-refractivity contribution in [3.8, 4) is 0 Å². The number of carbonyl (C=O) groups is 2. The van der Waals surface area contributed by atoms with Crippen LogP contribution in [0, 0.1) is 0 Å². The van der Waals surface area contributed by atoms with Crippen LogP contribution in [0.2, 0.25) is 0 Å². The summed E-state index contributed by atoms with van der Waals surface area (Å²) in [4.78, 5) is 27.0. The molecule has 208 valence electrons. The Hall–Kier alpha value is -3.44. The van der Waals surface area contributed by atoms with Gasteiger partial charge in [-0.3, -0.25) is 19.2 Å². The van der Waals surface area contributed by atoms with Crippen LogP contribution in [0.4, 0.5) is 13.2 Å². The molecule has 0 radical (unpaired) electrons. The lowest BCUT2D eigenvalue weighted by atomic mass is 9.77. The number of aliphatic hydroxyl groups is 1. The summed E-state index contributed by atoms with van der Waals surface area (Å²) in [7, 11) is 1.89. The third-order valence-electron chi connectivity index (χ3n) is 8.03. The number of rotatable bonds is 6. The average molecular weight is 544 g/mol. The van der Waals surface area contributed by atoms with E-state index in [9.17, 15) is 27.9 Å². The Balaban J connectivity index is 1.08. The summed E-state index contributed by atoms with van der Waals surface area (Å²) in [5.41, 5.74) is 0.00588. The zero-order chi connectivity index (χ0) is 27.8. The summed E-state index contributed by atoms with van der Waals surface area (Å²) in [5, 5.41) is 22.0. The molecule has 2 fully saturated rings. The smallest absolute Gasteiger partial charge is 0.385 e. The van der Waals surface area contributed by atoms with Gasteiger partial charge in [-0.15, -0.1) is 0 Å². The van der Waals surface area contributed by atoms with Gasteiger partial charge in [0.25, 0.3) is 5.91 Å². The van der Waals surface area contributed by atoms with E-state index in [4.69, 9.17) is 0 Å². The molecule has 2 heterocycles. The van der Waals surface area contributed by atoms with Gasteiger partial charge in [0.1, 0.15) is 0 Å². The number of fused-ring (bicyclic) bond motifs is 1. The van der Waals surface area contributed by atoms with Crippen LogP contribution in [0.15, 0.2) is 48.7 Å². The summed E-state index contributed by atoms with van der Waals surface area (Å²) < 4.78 is 40.5. The van der Waals surface area contributed by atoms with E-state index in [2.05, 4.69) is 20.6 Å². The van der Waals surface area contributed by atoms with E-state index < -0.39 is 23.2 Å². The first-order valence-electron chi connectivity index (χ1n) is 13.2. The number of amides is 2. The molecular weight excluding hydrogens is 511 g/mol. The molecule has 2 amide bonds. The van der Waals surface area contributed by atoms with Crippen LogP contribution in [0.3, 0.4) is 0 Å². The molecule has 3 N–H and O–H groups in total. The highest BCUT2D eigenvalue weighted by Gasteiger charge is 2.39. The molecular formula is C28H32F3N5O3. The SMILES string of the molecule is Cn1ncc2cc(C3(O)CCC(N4CC[C@@H](NC(=O)CNC(=O)c5cccc(C(F)(F)F)c5)C4)CC3)ccc21. The average Bonchev–Trinajstić information content (AvgIpc) is 3.53. The van der Waals surface area contributed by atoms with Gasteiger partial charge in [0, 0.05) is 43.2 Å². The van der Waals surface area contributed by atoms with Crippen LogP contribution >= 0.6 is 0 Å². The molecule has 2 aromatic carbocycles. The van der Waals surface area contributed by atoms with E-state index in [1.807, 2.05) is 36.1 Å². The number of hydrogen-bond acceptors (Lipinski definition) is 5. The number of aromatic nitrogens is 2. The molecule has 5 rings (SSSR count). The van der Waals surface area contributed by atoms with Gasteiger partial charge in [-0.2, -0.15) is 18.3 Å². The maximum Gasteiger partial charge on any atom is 0.416 e. The molecule has 1 aliphatic heterocycles. The fourth-order valence-corrected chi connectivity index (χ4v) is 5.80. The van der Waals surface area contributed by atoms with Crippen molar-refractivity contribution in [1.82, 2.24) is 25.3 Å². The number of halogens is 3. The molecule has 0 unspecified atom stereocenters. The second-order valence-corrected chi connectivity index (χ2v) is 10.6. The molecule has 11 heteroatoms. The zero-order valence-corrected chi connectivity index (χ0v) is 21.7. The largest absolute Gasteiger partial charge is 0.416 e. The van der Waals surface area contributed by atoms with Crippen LogP contribution in [-0.2, 0) is 23.6 Å². The van der Waals surface area contributed by atoms with Crippen molar-refractivity contribution in [2.24, 2.45) is 7.05 Å². The summed E-state index contributed by atoms with van der Waals surface area (Å²) >= 11 is 0. The number of aryl methyl sites for hydroxylation is 1. The lowest BCUT2D eigenvalue weighted by Crippen LogP contribution is -2.45. The third kappa shape index (κ3) is 5.94. The molecule has 0 spiro atoms. The van der Waals surface area contributed by atoms with E-state index >= 15 is 0 Å². The Morgan fingerprint density at radius 3 is 2.64 bits per heavy atom. The molecule has 3 aromatic rings. The number of likely N-dealkylation sites (tertiary alicyclic amines) is 1. The van der Waals surface area contributed by atoms with Crippen LogP contribution in [0.5, 0.6) is 0 Å². The standard InChI is InChI=1S/C28H32F3N5O3/c1-35-24-6-5-20(14-19(24)15-33-35)27(39)10-7-23(8-11-27)36-12-9-22(17-36)34-25(37)16-32-26(38)18-3-2-4-21(13-18)28(29,30)31/h2-6,13-15,22-23,39H,7-12,16-17H2,1H3,(H,32,38)(H,34,37)/t22-,23?,27?/m1/s1. The zero-order valence-electron chi connectivity index (χ0n) is 21.7. The Bertz CT molecular complexity index is 1360. The lowest BCUT2D eigenvalue weighted by molar-refractivity contribution is -0.137. The molecule has 2 aliphatic rings. The van der Waals surface area contributed by atoms with E-state index in [1.54, 1.807) is 0 Å². The fourth-order valence-electron chi connectivity index (χ4n) is 5.80. The second-order valence-electron chi connectivity index (χ2n) is 10.6. The Morgan fingerprint density at radius 2 is 1.90 bits per heavy atom. The van der Waals surface area contributed by atoms with Crippen LogP contribution in [-0.4, -0.2) is 63.3 Å². The Morgan fingerprint density at radius 1 is 1.13 bits per heavy atom. The Labute approximate surface area is 224 Å². The van der Waals surface area contributed by atoms with Gasteiger partial charge in [-0.05, 0) is 68.0 Å². The molecule has 1 aliphatic carbocycles. The predicted molar refractivity (Wildman–Crippen MR) is 139 cm³/mol. The van der Waals surface area contributed by atoms with E-state index in [-0.39, 0.29) is 24.1 Å². The molecule has 1 saturated heterocycles. The molecule has 8 nitrogen and oxygen atoms in total. The monoisotopic (exact) mass is 543 g/mol. The highest BCUT2D eigenvalue weighted by Crippen LogP contribution is 2.40. The quantitative estimate of drug-likeness (QED) is 0.443. The number of hydrogen-bond donors (Lipinski definition) is 3. The number of carbonyl (C=O) groups excluding carboxylic acids is 2. The first-order chi connectivity index (χ1) is 18.5. The van der Waals surface area contributed by atoms with E-state index in [0.717, 1.165) is 60.5 Å². The number of alkyl halides is 3. The highest BCUT2D eigenvalue weighted by atomic mass is 19.4. The van der Waals surface area contributed by atoms with Crippen LogP contribution in [0.25, 0.3) is 10.9 Å². The summed E-state index contributed by atoms with van der Waals surface area (Å²) in [5.74, 6) is -1.12.